The van der Waals surface area contributed by atoms with E-state index in [1.165, 1.54) is 0 Å². The minimum Gasteiger partial charge on any atom is -0.348 e. The van der Waals surface area contributed by atoms with Gasteiger partial charge in [0.05, 0.1) is 24.1 Å². The minimum atomic E-state index is 0.227. The Kier molecular flexibility index (Phi) is 5.35. The number of aryl methyl sites for hydroxylation is 1. The molecule has 1 aliphatic heterocycles. The first-order valence-corrected chi connectivity index (χ1v) is 9.97. The summed E-state index contributed by atoms with van der Waals surface area (Å²) < 4.78 is 1.94. The van der Waals surface area contributed by atoms with Crippen molar-refractivity contribution < 1.29 is 0 Å². The van der Waals surface area contributed by atoms with E-state index < -0.39 is 0 Å². The summed E-state index contributed by atoms with van der Waals surface area (Å²) in [5.74, 6) is 1.44. The van der Waals surface area contributed by atoms with Crippen molar-refractivity contribution in [2.24, 2.45) is 5.92 Å². The predicted molar refractivity (Wildman–Crippen MR) is 99.9 cm³/mol. The molecule has 0 radical (unpaired) electrons. The highest BCUT2D eigenvalue weighted by atomic mass is 35.5. The van der Waals surface area contributed by atoms with Crippen molar-refractivity contribution in [3.8, 4) is 0 Å². The summed E-state index contributed by atoms with van der Waals surface area (Å²) in [4.78, 5) is 11.4. The fourth-order valence-corrected chi connectivity index (χ4v) is 4.05. The van der Waals surface area contributed by atoms with Gasteiger partial charge in [0, 0.05) is 18.7 Å². The molecule has 3 rings (SSSR count). The molecule has 1 atom stereocenters. The molecule has 1 saturated heterocycles. The molecule has 0 bridgehead atoms. The Balaban J connectivity index is 1.94. The van der Waals surface area contributed by atoms with Crippen LogP contribution in [0.4, 0.5) is 5.82 Å². The van der Waals surface area contributed by atoms with Gasteiger partial charge in [0.1, 0.15) is 16.0 Å². The first-order chi connectivity index (χ1) is 11.5. The maximum atomic E-state index is 6.70. The van der Waals surface area contributed by atoms with Crippen LogP contribution in [-0.2, 0) is 6.54 Å². The summed E-state index contributed by atoms with van der Waals surface area (Å²) in [7, 11) is 0. The molecule has 2 aromatic rings. The molecule has 1 aliphatic rings. The Morgan fingerprint density at radius 3 is 2.88 bits per heavy atom. The monoisotopic (exact) mass is 365 g/mol. The largest absolute Gasteiger partial charge is 0.348 e. The molecule has 3 heterocycles. The molecule has 130 valence electrons. The number of thioether (sulfide) groups is 1. The van der Waals surface area contributed by atoms with Crippen molar-refractivity contribution in [3.63, 3.8) is 0 Å². The summed E-state index contributed by atoms with van der Waals surface area (Å²) in [5.41, 5.74) is 2.16. The van der Waals surface area contributed by atoms with Gasteiger partial charge in [0.25, 0.3) is 0 Å². The maximum Gasteiger partial charge on any atom is 0.148 e. The van der Waals surface area contributed by atoms with Crippen LogP contribution in [0.5, 0.6) is 0 Å². The SMILES string of the molecule is CSc1cncc(N2CCCC2c2c(C)nn(CC(C)C)c2Cl)n1. The molecule has 0 aromatic carbocycles. The van der Waals surface area contributed by atoms with E-state index in [0.717, 1.165) is 53.2 Å². The van der Waals surface area contributed by atoms with E-state index >= 15 is 0 Å². The number of hydrogen-bond donors (Lipinski definition) is 0. The molecule has 2 aromatic heterocycles. The number of nitrogens with zero attached hydrogens (tertiary/aromatic N) is 5. The molecular formula is C17H24ClN5S. The van der Waals surface area contributed by atoms with Crippen molar-refractivity contribution in [2.45, 2.75) is 51.2 Å². The number of rotatable bonds is 5. The van der Waals surface area contributed by atoms with Crippen LogP contribution in [0.25, 0.3) is 0 Å². The molecule has 24 heavy (non-hydrogen) atoms. The Morgan fingerprint density at radius 2 is 2.17 bits per heavy atom. The van der Waals surface area contributed by atoms with E-state index in [9.17, 15) is 0 Å². The second kappa shape index (κ2) is 7.31. The Morgan fingerprint density at radius 1 is 1.38 bits per heavy atom. The van der Waals surface area contributed by atoms with Crippen LogP contribution < -0.4 is 4.90 Å². The van der Waals surface area contributed by atoms with Crippen molar-refractivity contribution in [3.05, 3.63) is 28.8 Å². The lowest BCUT2D eigenvalue weighted by atomic mass is 10.1. The Hall–Kier alpha value is -1.27. The summed E-state index contributed by atoms with van der Waals surface area (Å²) in [6.07, 6.45) is 7.87. The zero-order chi connectivity index (χ0) is 17.3. The summed E-state index contributed by atoms with van der Waals surface area (Å²) >= 11 is 8.31. The third-order valence-corrected chi connectivity index (χ3v) is 5.35. The van der Waals surface area contributed by atoms with Crippen molar-refractivity contribution in [1.82, 2.24) is 19.7 Å². The first-order valence-electron chi connectivity index (χ1n) is 8.36. The molecule has 0 N–H and O–H groups in total. The van der Waals surface area contributed by atoms with Gasteiger partial charge in [0.15, 0.2) is 0 Å². The second-order valence-corrected chi connectivity index (χ2v) is 7.82. The number of halogens is 1. The highest BCUT2D eigenvalue weighted by molar-refractivity contribution is 7.98. The number of hydrogen-bond acceptors (Lipinski definition) is 5. The molecule has 7 heteroatoms. The Labute approximate surface area is 152 Å². The van der Waals surface area contributed by atoms with E-state index in [0.29, 0.717) is 5.92 Å². The van der Waals surface area contributed by atoms with Crippen LogP contribution in [-0.4, -0.2) is 32.5 Å². The maximum absolute atomic E-state index is 6.70. The van der Waals surface area contributed by atoms with Crippen molar-refractivity contribution in [1.29, 1.82) is 0 Å². The molecule has 0 aliphatic carbocycles. The quantitative estimate of drug-likeness (QED) is 0.737. The lowest BCUT2D eigenvalue weighted by Gasteiger charge is -2.26. The third kappa shape index (κ3) is 3.40. The highest BCUT2D eigenvalue weighted by Crippen LogP contribution is 2.40. The van der Waals surface area contributed by atoms with Gasteiger partial charge < -0.3 is 4.90 Å². The van der Waals surface area contributed by atoms with E-state index in [-0.39, 0.29) is 6.04 Å². The van der Waals surface area contributed by atoms with Crippen LogP contribution in [0.15, 0.2) is 17.4 Å². The van der Waals surface area contributed by atoms with E-state index in [4.69, 9.17) is 16.6 Å². The smallest absolute Gasteiger partial charge is 0.148 e. The summed E-state index contributed by atoms with van der Waals surface area (Å²) in [6.45, 7) is 8.23. The van der Waals surface area contributed by atoms with Gasteiger partial charge >= 0.3 is 0 Å². The molecule has 0 spiro atoms. The van der Waals surface area contributed by atoms with Gasteiger partial charge in [-0.25, -0.2) is 4.98 Å². The molecule has 0 saturated carbocycles. The molecule has 0 amide bonds. The normalized spacial score (nSPS) is 17.9. The van der Waals surface area contributed by atoms with Crippen molar-refractivity contribution >= 4 is 29.2 Å². The minimum absolute atomic E-state index is 0.227. The molecule has 5 nitrogen and oxygen atoms in total. The third-order valence-electron chi connectivity index (χ3n) is 4.34. The predicted octanol–water partition coefficient (Wildman–Crippen LogP) is 4.35. The zero-order valence-electron chi connectivity index (χ0n) is 14.7. The zero-order valence-corrected chi connectivity index (χ0v) is 16.2. The van der Waals surface area contributed by atoms with Gasteiger partial charge in [-0.3, -0.25) is 9.67 Å². The highest BCUT2D eigenvalue weighted by Gasteiger charge is 2.32. The molecular weight excluding hydrogens is 342 g/mol. The van der Waals surface area contributed by atoms with Gasteiger partial charge in [-0.05, 0) is 31.9 Å². The summed E-state index contributed by atoms with van der Waals surface area (Å²) in [6, 6.07) is 0.227. The van der Waals surface area contributed by atoms with Crippen LogP contribution in [0.1, 0.15) is 44.0 Å². The Bertz CT molecular complexity index is 715. The average molecular weight is 366 g/mol. The van der Waals surface area contributed by atoms with Crippen LogP contribution in [0.2, 0.25) is 5.15 Å². The van der Waals surface area contributed by atoms with E-state index in [1.807, 2.05) is 17.1 Å². The lowest BCUT2D eigenvalue weighted by Crippen LogP contribution is -2.24. The van der Waals surface area contributed by atoms with Crippen molar-refractivity contribution in [2.75, 3.05) is 17.7 Å². The number of anilines is 1. The topological polar surface area (TPSA) is 46.8 Å². The van der Waals surface area contributed by atoms with Crippen LogP contribution >= 0.6 is 23.4 Å². The van der Waals surface area contributed by atoms with Gasteiger partial charge in [0.2, 0.25) is 0 Å². The fourth-order valence-electron chi connectivity index (χ4n) is 3.33. The van der Waals surface area contributed by atoms with E-state index in [1.54, 1.807) is 18.0 Å². The fraction of sp³-hybridized carbons (Fsp3) is 0.588. The van der Waals surface area contributed by atoms with Gasteiger partial charge in [-0.2, -0.15) is 5.10 Å². The summed E-state index contributed by atoms with van der Waals surface area (Å²) in [5, 5.41) is 6.39. The van der Waals surface area contributed by atoms with Gasteiger partial charge in [-0.1, -0.05) is 25.4 Å². The second-order valence-electron chi connectivity index (χ2n) is 6.64. The standard InChI is InChI=1S/C17H24ClN5S/c1-11(2)10-23-17(18)16(12(3)21-23)13-6-5-7-22(13)14-8-19-9-15(20-14)24-4/h8-9,11,13H,5-7,10H2,1-4H3. The average Bonchev–Trinajstić information content (AvgIpc) is 3.12. The molecule has 1 unspecified atom stereocenters. The lowest BCUT2D eigenvalue weighted by molar-refractivity contribution is 0.481. The first kappa shape index (κ1) is 17.5. The van der Waals surface area contributed by atoms with Crippen LogP contribution in [0.3, 0.4) is 0 Å². The van der Waals surface area contributed by atoms with Gasteiger partial charge in [-0.15, -0.1) is 11.8 Å². The van der Waals surface area contributed by atoms with E-state index in [2.05, 4.69) is 35.8 Å². The number of aromatic nitrogens is 4. The molecule has 1 fully saturated rings. The van der Waals surface area contributed by atoms with Crippen LogP contribution in [0, 0.1) is 12.8 Å².